The lowest BCUT2D eigenvalue weighted by Gasteiger charge is -2.36. The maximum absolute atomic E-state index is 13.2. The molecule has 2 aromatic carbocycles. The highest BCUT2D eigenvalue weighted by Gasteiger charge is 2.29. The Bertz CT molecular complexity index is 1040. The van der Waals surface area contributed by atoms with E-state index in [-0.39, 0.29) is 16.6 Å². The molecule has 2 aliphatic rings. The number of aryl methyl sites for hydroxylation is 1. The Morgan fingerprint density at radius 1 is 0.935 bits per heavy atom. The minimum absolute atomic E-state index is 0.133. The monoisotopic (exact) mass is 447 g/mol. The molecular weight excluding hydrogens is 421 g/mol. The highest BCUT2D eigenvalue weighted by Crippen LogP contribution is 2.23. The number of benzene rings is 2. The second kappa shape index (κ2) is 8.94. The highest BCUT2D eigenvalue weighted by atomic mass is 32.2. The SMILES string of the molecule is Cc1ccc(S(=O)(=O)N2CCOCC2)cc1C(=O)N1CCN(c2ccc(F)cc2)CC1. The van der Waals surface area contributed by atoms with Crippen LogP contribution in [0.25, 0.3) is 0 Å². The topological polar surface area (TPSA) is 70.2 Å². The Hall–Kier alpha value is -2.49. The third kappa shape index (κ3) is 4.58. The molecule has 0 spiro atoms. The first-order valence-electron chi connectivity index (χ1n) is 10.3. The van der Waals surface area contributed by atoms with Crippen molar-refractivity contribution >= 4 is 21.6 Å². The van der Waals surface area contributed by atoms with Crippen molar-refractivity contribution in [1.29, 1.82) is 0 Å². The fraction of sp³-hybridized carbons (Fsp3) is 0.409. The molecule has 0 aliphatic carbocycles. The van der Waals surface area contributed by atoms with Crippen LogP contribution >= 0.6 is 0 Å². The number of rotatable bonds is 4. The van der Waals surface area contributed by atoms with E-state index in [2.05, 4.69) is 4.90 Å². The van der Waals surface area contributed by atoms with Gasteiger partial charge in [0.25, 0.3) is 5.91 Å². The first-order chi connectivity index (χ1) is 14.9. The normalized spacial score (nSPS) is 18.3. The zero-order valence-electron chi connectivity index (χ0n) is 17.5. The predicted molar refractivity (Wildman–Crippen MR) is 115 cm³/mol. The third-order valence-electron chi connectivity index (χ3n) is 5.81. The Morgan fingerprint density at radius 2 is 1.58 bits per heavy atom. The van der Waals surface area contributed by atoms with Crippen LogP contribution in [0.4, 0.5) is 10.1 Å². The average molecular weight is 448 g/mol. The number of hydrogen-bond acceptors (Lipinski definition) is 5. The average Bonchev–Trinajstić information content (AvgIpc) is 2.80. The smallest absolute Gasteiger partial charge is 0.254 e. The molecule has 0 bridgehead atoms. The molecule has 0 unspecified atom stereocenters. The highest BCUT2D eigenvalue weighted by molar-refractivity contribution is 7.89. The zero-order chi connectivity index (χ0) is 22.0. The molecule has 0 saturated carbocycles. The van der Waals surface area contributed by atoms with E-state index >= 15 is 0 Å². The maximum atomic E-state index is 13.2. The number of nitrogens with zero attached hydrogens (tertiary/aromatic N) is 3. The zero-order valence-corrected chi connectivity index (χ0v) is 18.3. The van der Waals surface area contributed by atoms with Crippen molar-refractivity contribution in [1.82, 2.24) is 9.21 Å². The van der Waals surface area contributed by atoms with Gasteiger partial charge in [-0.3, -0.25) is 4.79 Å². The first kappa shape index (κ1) is 21.7. The summed E-state index contributed by atoms with van der Waals surface area (Å²) in [6.07, 6.45) is 0. The van der Waals surface area contributed by atoms with Crippen molar-refractivity contribution in [2.75, 3.05) is 57.4 Å². The summed E-state index contributed by atoms with van der Waals surface area (Å²) in [6, 6.07) is 11.1. The van der Waals surface area contributed by atoms with Gasteiger partial charge in [-0.15, -0.1) is 0 Å². The summed E-state index contributed by atoms with van der Waals surface area (Å²) in [5, 5.41) is 0. The summed E-state index contributed by atoms with van der Waals surface area (Å²) in [4.78, 5) is 17.2. The number of ether oxygens (including phenoxy) is 1. The molecule has 7 nitrogen and oxygen atoms in total. The predicted octanol–water partition coefficient (Wildman–Crippen LogP) is 2.12. The number of morpholine rings is 1. The second-order valence-corrected chi connectivity index (χ2v) is 9.69. The van der Waals surface area contributed by atoms with E-state index in [1.807, 2.05) is 6.92 Å². The van der Waals surface area contributed by atoms with Crippen molar-refractivity contribution in [2.24, 2.45) is 0 Å². The first-order valence-corrected chi connectivity index (χ1v) is 11.8. The number of anilines is 1. The van der Waals surface area contributed by atoms with Gasteiger partial charge in [0.2, 0.25) is 10.0 Å². The van der Waals surface area contributed by atoms with Crippen LogP contribution in [0.15, 0.2) is 47.4 Å². The molecule has 2 saturated heterocycles. The van der Waals surface area contributed by atoms with Gasteiger partial charge in [0.1, 0.15) is 5.82 Å². The molecule has 2 aromatic rings. The third-order valence-corrected chi connectivity index (χ3v) is 7.70. The largest absolute Gasteiger partial charge is 0.379 e. The van der Waals surface area contributed by atoms with Crippen LogP contribution in [0.1, 0.15) is 15.9 Å². The molecule has 4 rings (SSSR count). The van der Waals surface area contributed by atoms with Crippen molar-refractivity contribution in [3.8, 4) is 0 Å². The Labute approximate surface area is 182 Å². The van der Waals surface area contributed by atoms with Gasteiger partial charge in [0.05, 0.1) is 18.1 Å². The quantitative estimate of drug-likeness (QED) is 0.718. The molecule has 9 heteroatoms. The van der Waals surface area contributed by atoms with Crippen LogP contribution in [0.3, 0.4) is 0 Å². The van der Waals surface area contributed by atoms with Crippen molar-refractivity contribution in [3.63, 3.8) is 0 Å². The molecule has 166 valence electrons. The molecule has 0 N–H and O–H groups in total. The molecule has 2 fully saturated rings. The fourth-order valence-corrected chi connectivity index (χ4v) is 5.35. The van der Waals surface area contributed by atoms with Crippen molar-refractivity contribution < 1.29 is 22.3 Å². The maximum Gasteiger partial charge on any atom is 0.254 e. The van der Waals surface area contributed by atoms with E-state index in [4.69, 9.17) is 4.74 Å². The summed E-state index contributed by atoms with van der Waals surface area (Å²) in [7, 11) is -3.67. The molecule has 1 amide bonds. The van der Waals surface area contributed by atoms with Gasteiger partial charge in [0.15, 0.2) is 0 Å². The molecule has 0 aromatic heterocycles. The summed E-state index contributed by atoms with van der Waals surface area (Å²) >= 11 is 0. The van der Waals surface area contributed by atoms with Crippen LogP contribution in [0, 0.1) is 12.7 Å². The van der Waals surface area contributed by atoms with Crippen molar-refractivity contribution in [2.45, 2.75) is 11.8 Å². The lowest BCUT2D eigenvalue weighted by Crippen LogP contribution is -2.49. The van der Waals surface area contributed by atoms with Crippen LogP contribution < -0.4 is 4.90 Å². The fourth-order valence-electron chi connectivity index (χ4n) is 3.92. The molecule has 31 heavy (non-hydrogen) atoms. The minimum Gasteiger partial charge on any atom is -0.379 e. The van der Waals surface area contributed by atoms with E-state index < -0.39 is 10.0 Å². The standard InChI is InChI=1S/C22H26FN3O4S/c1-17-2-7-20(31(28,29)26-12-14-30-15-13-26)16-21(17)22(27)25-10-8-24(9-11-25)19-5-3-18(23)4-6-19/h2-7,16H,8-15H2,1H3. The lowest BCUT2D eigenvalue weighted by molar-refractivity contribution is 0.0729. The number of halogens is 1. The molecule has 0 radical (unpaired) electrons. The van der Waals surface area contributed by atoms with E-state index in [1.54, 1.807) is 29.2 Å². The number of amides is 1. The molecule has 2 heterocycles. The Balaban J connectivity index is 1.48. The van der Waals surface area contributed by atoms with Crippen LogP contribution in [-0.2, 0) is 14.8 Å². The summed E-state index contributed by atoms with van der Waals surface area (Å²) in [5.74, 6) is -0.449. The summed E-state index contributed by atoms with van der Waals surface area (Å²) in [5.41, 5.74) is 2.07. The van der Waals surface area contributed by atoms with E-state index in [0.29, 0.717) is 58.0 Å². The lowest BCUT2D eigenvalue weighted by atomic mass is 10.1. The van der Waals surface area contributed by atoms with Gasteiger partial charge in [-0.1, -0.05) is 6.07 Å². The van der Waals surface area contributed by atoms with E-state index in [0.717, 1.165) is 11.3 Å². The van der Waals surface area contributed by atoms with Gasteiger partial charge < -0.3 is 14.5 Å². The summed E-state index contributed by atoms with van der Waals surface area (Å²) < 4.78 is 45.8. The number of hydrogen-bond donors (Lipinski definition) is 0. The van der Waals surface area contributed by atoms with Crippen LogP contribution in [0.5, 0.6) is 0 Å². The van der Waals surface area contributed by atoms with Gasteiger partial charge in [0, 0.05) is 50.5 Å². The van der Waals surface area contributed by atoms with Gasteiger partial charge in [-0.2, -0.15) is 4.31 Å². The molecule has 0 atom stereocenters. The number of piperazine rings is 1. The molecule has 2 aliphatic heterocycles. The Kier molecular flexibility index (Phi) is 6.27. The minimum atomic E-state index is -3.67. The number of sulfonamides is 1. The van der Waals surface area contributed by atoms with Gasteiger partial charge in [-0.05, 0) is 48.9 Å². The second-order valence-electron chi connectivity index (χ2n) is 7.75. The van der Waals surface area contributed by atoms with Crippen molar-refractivity contribution in [3.05, 3.63) is 59.4 Å². The van der Waals surface area contributed by atoms with Gasteiger partial charge >= 0.3 is 0 Å². The van der Waals surface area contributed by atoms with E-state index in [9.17, 15) is 17.6 Å². The summed E-state index contributed by atoms with van der Waals surface area (Å²) in [6.45, 7) is 5.45. The van der Waals surface area contributed by atoms with Crippen LogP contribution in [-0.4, -0.2) is 76.0 Å². The van der Waals surface area contributed by atoms with Crippen LogP contribution in [0.2, 0.25) is 0 Å². The molecular formula is C22H26FN3O4S. The Morgan fingerprint density at radius 3 is 2.23 bits per heavy atom. The van der Waals surface area contributed by atoms with Gasteiger partial charge in [-0.25, -0.2) is 12.8 Å². The van der Waals surface area contributed by atoms with E-state index in [1.165, 1.54) is 22.5 Å². The number of carbonyl (C=O) groups excluding carboxylic acids is 1. The number of carbonyl (C=O) groups is 1.